The van der Waals surface area contributed by atoms with Gasteiger partial charge in [-0.2, -0.15) is 0 Å². The number of aromatic hydroxyl groups is 1. The van der Waals surface area contributed by atoms with Crippen LogP contribution in [0.5, 0.6) is 5.75 Å². The maximum absolute atomic E-state index is 14.3. The van der Waals surface area contributed by atoms with Crippen molar-refractivity contribution in [2.45, 2.75) is 126 Å². The van der Waals surface area contributed by atoms with Gasteiger partial charge in [-0.25, -0.2) is 0 Å². The van der Waals surface area contributed by atoms with Gasteiger partial charge in [0, 0.05) is 61.6 Å². The first kappa shape index (κ1) is 73.3. The zero-order valence-corrected chi connectivity index (χ0v) is 55.3. The average Bonchev–Trinajstić information content (AvgIpc) is 0.948. The molecule has 7 rings (SSSR count). The van der Waals surface area contributed by atoms with Crippen molar-refractivity contribution in [2.24, 2.45) is 5.73 Å². The number of carboxylic acid groups (broad SMARTS) is 1. The largest absolute Gasteiger partial charge is 0.506 e. The number of thiocarbonyl (C=S) groups is 1. The first-order valence-electron chi connectivity index (χ1n) is 32.2. The lowest BCUT2D eigenvalue weighted by atomic mass is 9.84. The van der Waals surface area contributed by atoms with Crippen molar-refractivity contribution in [3.63, 3.8) is 0 Å². The summed E-state index contributed by atoms with van der Waals surface area (Å²) in [5, 5.41) is 46.6. The van der Waals surface area contributed by atoms with Gasteiger partial charge in [0.1, 0.15) is 29.9 Å². The summed E-state index contributed by atoms with van der Waals surface area (Å²) in [5.41, 5.74) is 11.5. The van der Waals surface area contributed by atoms with E-state index in [0.29, 0.717) is 74.4 Å². The Balaban J connectivity index is 0.794. The number of fused-ring (bicyclic) bond motifs is 1. The maximum atomic E-state index is 14.3. The smallest absolute Gasteiger partial charge is 0.305 e. The molecule has 0 saturated carbocycles. The Morgan fingerprint density at radius 1 is 0.552 bits per heavy atom. The zero-order valence-electron chi connectivity index (χ0n) is 53.7. The number of amides is 8. The molecule has 4 atom stereocenters. The van der Waals surface area contributed by atoms with E-state index >= 15 is 0 Å². The lowest BCUT2D eigenvalue weighted by Gasteiger charge is -2.35. The molecule has 0 aliphatic carbocycles. The van der Waals surface area contributed by atoms with Gasteiger partial charge in [-0.1, -0.05) is 172 Å². The van der Waals surface area contributed by atoms with Crippen molar-refractivity contribution in [1.29, 1.82) is 0 Å². The lowest BCUT2D eigenvalue weighted by Crippen LogP contribution is -2.58. The molecule has 6 aromatic carbocycles. The number of aliphatic carboxylic acids is 1. The molecule has 0 aliphatic heterocycles. The average molecular weight is 1340 g/mol. The number of H-pyrrole nitrogens is 1. The quantitative estimate of drug-likeness (QED) is 0.00576. The third-order valence-electron chi connectivity index (χ3n) is 15.9. The summed E-state index contributed by atoms with van der Waals surface area (Å²) in [5.74, 6) is -6.24. The van der Waals surface area contributed by atoms with Crippen molar-refractivity contribution < 1.29 is 53.4 Å². The van der Waals surface area contributed by atoms with E-state index in [1.807, 2.05) is 122 Å². The normalized spacial score (nSPS) is 12.3. The molecular formula is C72H85N11O11S2. The fourth-order valence-electron chi connectivity index (χ4n) is 10.9. The SMILES string of the molecule is CCCC[C@H](NC(=O)[C@H](Cc1c[nH]c2ccccc12)NC(=O)CCCCCNC(=O)CCCCCNC(=S)Nc1ccc(O)c(NC(=O)CNC(=O)CSC(c2ccccc2)(c2ccccc2)c2ccccc2)c1)C(=O)N[C@@H](CC(=O)O)C(=O)N[C@@H](Cc1ccccc1)C(N)=O. The highest BCUT2D eigenvalue weighted by Crippen LogP contribution is 2.48. The van der Waals surface area contributed by atoms with Crippen LogP contribution in [0.3, 0.4) is 0 Å². The van der Waals surface area contributed by atoms with Crippen LogP contribution in [-0.2, 0) is 60.7 Å². The molecule has 1 heterocycles. The van der Waals surface area contributed by atoms with Gasteiger partial charge < -0.3 is 68.8 Å². The number of primary amides is 1. The topological polar surface area (TPSA) is 344 Å². The highest BCUT2D eigenvalue weighted by molar-refractivity contribution is 8.01. The second kappa shape index (κ2) is 38.3. The molecule has 0 fully saturated rings. The zero-order chi connectivity index (χ0) is 68.7. The number of anilines is 2. The third-order valence-corrected chi connectivity index (χ3v) is 17.7. The third kappa shape index (κ3) is 23.1. The summed E-state index contributed by atoms with van der Waals surface area (Å²) in [7, 11) is 0. The number of aromatic nitrogens is 1. The van der Waals surface area contributed by atoms with Crippen LogP contribution in [0, 0.1) is 0 Å². The molecule has 96 heavy (non-hydrogen) atoms. The number of hydrogen-bond donors (Lipinski definition) is 13. The highest BCUT2D eigenvalue weighted by atomic mass is 32.2. The number of nitrogens with one attached hydrogen (secondary N) is 10. The molecule has 0 saturated heterocycles. The summed E-state index contributed by atoms with van der Waals surface area (Å²) in [6.45, 7) is 2.48. The minimum absolute atomic E-state index is 0.0206. The molecule has 14 N–H and O–H groups in total. The van der Waals surface area contributed by atoms with E-state index in [9.17, 15) is 53.4 Å². The number of phenolic OH excluding ortho intramolecular Hbond substituents is 1. The Hall–Kier alpha value is -10.1. The number of benzene rings is 6. The van der Waals surface area contributed by atoms with Crippen LogP contribution < -0.4 is 53.6 Å². The van der Waals surface area contributed by atoms with Gasteiger partial charge in [-0.05, 0) is 96.4 Å². The van der Waals surface area contributed by atoms with E-state index in [1.54, 1.807) is 42.6 Å². The van der Waals surface area contributed by atoms with Gasteiger partial charge in [-0.15, -0.1) is 11.8 Å². The van der Waals surface area contributed by atoms with Crippen molar-refractivity contribution in [3.8, 4) is 5.75 Å². The molecule has 0 bridgehead atoms. The van der Waals surface area contributed by atoms with Crippen LogP contribution in [0.1, 0.15) is 112 Å². The highest BCUT2D eigenvalue weighted by Gasteiger charge is 2.38. The summed E-state index contributed by atoms with van der Waals surface area (Å²) >= 11 is 6.96. The molecule has 7 aromatic rings. The number of carbonyl (C=O) groups is 9. The van der Waals surface area contributed by atoms with Crippen LogP contribution in [-0.4, -0.2) is 123 Å². The van der Waals surface area contributed by atoms with Crippen LogP contribution >= 0.6 is 24.0 Å². The molecular weight excluding hydrogens is 1260 g/mol. The van der Waals surface area contributed by atoms with Crippen LogP contribution in [0.15, 0.2) is 170 Å². The number of nitrogens with two attached hydrogens (primary N) is 1. The van der Waals surface area contributed by atoms with E-state index in [0.717, 1.165) is 46.0 Å². The Morgan fingerprint density at radius 2 is 1.10 bits per heavy atom. The molecule has 8 amide bonds. The summed E-state index contributed by atoms with van der Waals surface area (Å²) in [6.07, 6.45) is 6.36. The van der Waals surface area contributed by atoms with Gasteiger partial charge in [0.05, 0.1) is 29.2 Å². The fraction of sp³-hybridized carbons (Fsp3) is 0.333. The Morgan fingerprint density at radius 3 is 1.72 bits per heavy atom. The fourth-order valence-corrected chi connectivity index (χ4v) is 12.5. The second-order valence-electron chi connectivity index (χ2n) is 23.2. The van der Waals surface area contributed by atoms with Crippen LogP contribution in [0.4, 0.5) is 11.4 Å². The minimum Gasteiger partial charge on any atom is -0.506 e. The first-order valence-corrected chi connectivity index (χ1v) is 33.6. The lowest BCUT2D eigenvalue weighted by molar-refractivity contribution is -0.141. The number of rotatable bonds is 39. The van der Waals surface area contributed by atoms with Crippen molar-refractivity contribution in [2.75, 3.05) is 36.0 Å². The van der Waals surface area contributed by atoms with Crippen molar-refractivity contribution in [3.05, 3.63) is 198 Å². The molecule has 0 spiro atoms. The molecule has 0 radical (unpaired) electrons. The van der Waals surface area contributed by atoms with Crippen LogP contribution in [0.2, 0.25) is 0 Å². The first-order chi connectivity index (χ1) is 46.4. The van der Waals surface area contributed by atoms with Gasteiger partial charge in [-0.3, -0.25) is 43.2 Å². The van der Waals surface area contributed by atoms with E-state index in [-0.39, 0.29) is 61.2 Å². The molecule has 506 valence electrons. The predicted molar refractivity (Wildman–Crippen MR) is 376 cm³/mol. The number of hydrogen-bond acceptors (Lipinski definition) is 12. The van der Waals surface area contributed by atoms with E-state index in [2.05, 4.69) is 52.8 Å². The van der Waals surface area contributed by atoms with E-state index in [1.165, 1.54) is 23.9 Å². The number of unbranched alkanes of at least 4 members (excludes halogenated alkanes) is 5. The molecule has 0 unspecified atom stereocenters. The summed E-state index contributed by atoms with van der Waals surface area (Å²) < 4.78 is -0.715. The number of aromatic amines is 1. The Kier molecular flexibility index (Phi) is 29.3. The summed E-state index contributed by atoms with van der Waals surface area (Å²) in [4.78, 5) is 122. The van der Waals surface area contributed by atoms with Gasteiger partial charge in [0.2, 0.25) is 47.3 Å². The number of para-hydroxylation sites is 1. The standard InChI is InChI=1S/C72H85N11O11S2/c1-2-3-33-56(68(92)83-60(44-66(89)90)70(94)82-58(67(73)91)41-48-24-10-4-11-25-48)81-69(93)59(42-49-45-76-55-34-21-20-32-54(49)55)80-63(86)36-19-9-22-39-74-62(85)35-18-8-23-40-75-71(95)78-53-37-38-61(84)57(43-53)79-64(87)46-77-65(88)47-96-72(50-26-12-5-13-27-50,51-28-14-6-15-29-51)52-30-16-7-17-31-52/h4-7,10-17,20-21,24-32,34,37-38,43,45,56,58-60,76,84H,2-3,8-9,18-19,22-23,33,35-36,39-42,44,46-47H2,1H3,(H2,73,91)(H,74,85)(H,77,88)(H,79,87)(H,80,86)(H,81,93)(H,82,94)(H,83,92)(H,89,90)(H2,75,78,95)/t56-,58-,59-,60-/m0/s1. The summed E-state index contributed by atoms with van der Waals surface area (Å²) in [6, 6.07) is 45.5. The van der Waals surface area contributed by atoms with E-state index in [4.69, 9.17) is 18.0 Å². The van der Waals surface area contributed by atoms with Gasteiger partial charge in [0.15, 0.2) is 5.11 Å². The Labute approximate surface area is 568 Å². The van der Waals surface area contributed by atoms with Gasteiger partial charge in [0.25, 0.3) is 0 Å². The van der Waals surface area contributed by atoms with Crippen molar-refractivity contribution in [1.82, 2.24) is 42.2 Å². The van der Waals surface area contributed by atoms with E-state index < -0.39 is 76.7 Å². The molecule has 0 aliphatic rings. The number of phenols is 1. The minimum atomic E-state index is -1.63. The van der Waals surface area contributed by atoms with Crippen LogP contribution in [0.25, 0.3) is 10.9 Å². The molecule has 1 aromatic heterocycles. The monoisotopic (exact) mass is 1340 g/mol. The number of thioether (sulfide) groups is 1. The molecule has 24 heteroatoms. The van der Waals surface area contributed by atoms with Gasteiger partial charge >= 0.3 is 5.97 Å². The number of carbonyl (C=O) groups excluding carboxylic acids is 8. The number of carboxylic acids is 1. The van der Waals surface area contributed by atoms with Crippen molar-refractivity contribution >= 4 is 105 Å². The predicted octanol–water partition coefficient (Wildman–Crippen LogP) is 7.75. The molecule has 22 nitrogen and oxygen atoms in total. The maximum Gasteiger partial charge on any atom is 0.305 e. The Bertz CT molecular complexity index is 3640. The second-order valence-corrected chi connectivity index (χ2v) is 24.8.